The molecule has 10 rings (SSSR count). The Morgan fingerprint density at radius 1 is 0.500 bits per heavy atom. The largest absolute Gasteiger partial charge is 0.310 e. The highest BCUT2D eigenvalue weighted by Gasteiger charge is 2.47. The van der Waals surface area contributed by atoms with E-state index in [0.29, 0.717) is 11.8 Å². The molecule has 0 N–H and O–H groups in total. The van der Waals surface area contributed by atoms with E-state index in [4.69, 9.17) is 0 Å². The molecule has 284 valence electrons. The first kappa shape index (κ1) is 36.2. The zero-order valence-corrected chi connectivity index (χ0v) is 34.0. The number of anilines is 3. The molecular formula is C57H51N. The van der Waals surface area contributed by atoms with Crippen molar-refractivity contribution in [3.8, 4) is 22.3 Å². The van der Waals surface area contributed by atoms with E-state index >= 15 is 0 Å². The Balaban J connectivity index is 1.27. The second-order valence-electron chi connectivity index (χ2n) is 16.9. The van der Waals surface area contributed by atoms with E-state index in [1.165, 1.54) is 115 Å². The molecule has 58 heavy (non-hydrogen) atoms. The van der Waals surface area contributed by atoms with Gasteiger partial charge >= 0.3 is 0 Å². The standard InChI is InChI=1S/C57H51N/c1-39(2)49-27-15-16-28-50(49)52-36-43-21-13-14-22-44(43)37-55(52)58(47-32-30-42(31-33-47)41-19-7-4-8-20-41)48-34-35-51-54(38-48)57(45-23-9-5-10-24-45,46-25-11-6-12-26-46)53-29-17-18-40(3)56(51)53/h5-6,9-18,21-39,41H,4,7-8,19-20H2,1-3H3. The van der Waals surface area contributed by atoms with Crippen LogP contribution in [0.5, 0.6) is 0 Å². The molecule has 0 spiro atoms. The molecular weight excluding hydrogens is 699 g/mol. The van der Waals surface area contributed by atoms with Gasteiger partial charge in [0.05, 0.1) is 11.1 Å². The summed E-state index contributed by atoms with van der Waals surface area (Å²) in [4.78, 5) is 2.56. The molecule has 0 bridgehead atoms. The Hall–Kier alpha value is -6.18. The van der Waals surface area contributed by atoms with Crippen molar-refractivity contribution in [2.75, 3.05) is 4.90 Å². The Bertz CT molecular complexity index is 2700. The Morgan fingerprint density at radius 3 is 1.81 bits per heavy atom. The topological polar surface area (TPSA) is 3.24 Å². The summed E-state index contributed by atoms with van der Waals surface area (Å²) in [6.45, 7) is 6.90. The fraction of sp³-hybridized carbons (Fsp3) is 0.193. The van der Waals surface area contributed by atoms with Crippen LogP contribution >= 0.6 is 0 Å². The second kappa shape index (κ2) is 15.0. The molecule has 1 saturated carbocycles. The molecule has 0 radical (unpaired) electrons. The third-order valence-electron chi connectivity index (χ3n) is 13.2. The van der Waals surface area contributed by atoms with Crippen molar-refractivity contribution < 1.29 is 0 Å². The smallest absolute Gasteiger partial charge is 0.0714 e. The molecule has 1 heteroatoms. The van der Waals surface area contributed by atoms with E-state index in [0.717, 1.165) is 5.69 Å². The Morgan fingerprint density at radius 2 is 1.12 bits per heavy atom. The predicted octanol–water partition coefficient (Wildman–Crippen LogP) is 15.8. The highest BCUT2D eigenvalue weighted by Crippen LogP contribution is 2.58. The van der Waals surface area contributed by atoms with Crippen LogP contribution in [-0.4, -0.2) is 0 Å². The summed E-state index contributed by atoms with van der Waals surface area (Å²) in [7, 11) is 0. The van der Waals surface area contributed by atoms with Crippen molar-refractivity contribution in [3.05, 3.63) is 221 Å². The summed E-state index contributed by atoms with van der Waals surface area (Å²) >= 11 is 0. The van der Waals surface area contributed by atoms with Crippen LogP contribution < -0.4 is 4.90 Å². The third kappa shape index (κ3) is 5.99. The van der Waals surface area contributed by atoms with Crippen molar-refractivity contribution in [3.63, 3.8) is 0 Å². The molecule has 1 nitrogen and oxygen atoms in total. The molecule has 0 aliphatic heterocycles. The van der Waals surface area contributed by atoms with Gasteiger partial charge in [-0.25, -0.2) is 0 Å². The fourth-order valence-electron chi connectivity index (χ4n) is 10.5. The lowest BCUT2D eigenvalue weighted by Gasteiger charge is -2.35. The summed E-state index contributed by atoms with van der Waals surface area (Å²) < 4.78 is 0. The van der Waals surface area contributed by atoms with Gasteiger partial charge in [0, 0.05) is 16.9 Å². The number of aryl methyl sites for hydroxylation is 1. The van der Waals surface area contributed by atoms with Gasteiger partial charge < -0.3 is 4.90 Å². The van der Waals surface area contributed by atoms with Gasteiger partial charge in [-0.1, -0.05) is 179 Å². The minimum absolute atomic E-state index is 0.373. The average molecular weight is 750 g/mol. The number of hydrogen-bond donors (Lipinski definition) is 0. The minimum Gasteiger partial charge on any atom is -0.310 e. The first-order valence-corrected chi connectivity index (χ1v) is 21.4. The molecule has 1 fully saturated rings. The first-order chi connectivity index (χ1) is 28.5. The maximum absolute atomic E-state index is 2.56. The molecule has 8 aromatic carbocycles. The lowest BCUT2D eigenvalue weighted by molar-refractivity contribution is 0.443. The molecule has 0 amide bonds. The van der Waals surface area contributed by atoms with Crippen molar-refractivity contribution >= 4 is 27.8 Å². The highest BCUT2D eigenvalue weighted by atomic mass is 15.1. The maximum atomic E-state index is 2.56. The van der Waals surface area contributed by atoms with E-state index in [9.17, 15) is 0 Å². The van der Waals surface area contributed by atoms with Crippen LogP contribution in [0.1, 0.15) is 96.7 Å². The predicted molar refractivity (Wildman–Crippen MR) is 246 cm³/mol. The number of hydrogen-bond acceptors (Lipinski definition) is 1. The minimum atomic E-state index is -0.498. The number of rotatable bonds is 8. The van der Waals surface area contributed by atoms with E-state index < -0.39 is 5.41 Å². The monoisotopic (exact) mass is 749 g/mol. The quantitative estimate of drug-likeness (QED) is 0.150. The summed E-state index contributed by atoms with van der Waals surface area (Å²) in [6, 6.07) is 69.0. The van der Waals surface area contributed by atoms with Gasteiger partial charge in [-0.2, -0.15) is 0 Å². The van der Waals surface area contributed by atoms with Gasteiger partial charge in [-0.05, 0) is 134 Å². The summed E-state index contributed by atoms with van der Waals surface area (Å²) in [5, 5.41) is 2.48. The zero-order chi connectivity index (χ0) is 39.2. The SMILES string of the molecule is Cc1cccc2c1-c1ccc(N(c3ccc(C4CCCCC4)cc3)c3cc4ccccc4cc3-c3ccccc3C(C)C)cc1C2(c1ccccc1)c1ccccc1. The molecule has 0 saturated heterocycles. The summed E-state index contributed by atoms with van der Waals surface area (Å²) in [6.07, 6.45) is 6.59. The number of fused-ring (bicyclic) bond motifs is 4. The van der Waals surface area contributed by atoms with Crippen LogP contribution in [0.4, 0.5) is 17.1 Å². The van der Waals surface area contributed by atoms with Gasteiger partial charge in [-0.15, -0.1) is 0 Å². The van der Waals surface area contributed by atoms with Crippen LogP contribution in [0.3, 0.4) is 0 Å². The molecule has 0 heterocycles. The molecule has 0 aromatic heterocycles. The van der Waals surface area contributed by atoms with Gasteiger partial charge in [0.2, 0.25) is 0 Å². The average Bonchev–Trinajstić information content (AvgIpc) is 3.59. The van der Waals surface area contributed by atoms with E-state index in [1.807, 2.05) is 0 Å². The van der Waals surface area contributed by atoms with E-state index in [-0.39, 0.29) is 0 Å². The molecule has 2 aliphatic rings. The van der Waals surface area contributed by atoms with Crippen molar-refractivity contribution in [2.24, 2.45) is 0 Å². The highest BCUT2D eigenvalue weighted by molar-refractivity contribution is 6.00. The lowest BCUT2D eigenvalue weighted by atomic mass is 9.67. The fourth-order valence-corrected chi connectivity index (χ4v) is 10.5. The number of benzene rings is 8. The normalized spacial score (nSPS) is 14.7. The van der Waals surface area contributed by atoms with Crippen LogP contribution in [-0.2, 0) is 5.41 Å². The summed E-state index contributed by atoms with van der Waals surface area (Å²) in [5.74, 6) is 1.02. The van der Waals surface area contributed by atoms with Gasteiger partial charge in [0.1, 0.15) is 0 Å². The zero-order valence-electron chi connectivity index (χ0n) is 34.0. The molecule has 8 aromatic rings. The lowest BCUT2D eigenvalue weighted by Crippen LogP contribution is -2.28. The second-order valence-corrected chi connectivity index (χ2v) is 16.9. The van der Waals surface area contributed by atoms with Gasteiger partial charge in [0.25, 0.3) is 0 Å². The number of nitrogens with zero attached hydrogens (tertiary/aromatic N) is 1. The van der Waals surface area contributed by atoms with Crippen LogP contribution in [0.2, 0.25) is 0 Å². The third-order valence-corrected chi connectivity index (χ3v) is 13.2. The molecule has 0 atom stereocenters. The van der Waals surface area contributed by atoms with Crippen LogP contribution in [0.25, 0.3) is 33.0 Å². The van der Waals surface area contributed by atoms with Crippen molar-refractivity contribution in [1.29, 1.82) is 0 Å². The van der Waals surface area contributed by atoms with Crippen molar-refractivity contribution in [1.82, 2.24) is 0 Å². The van der Waals surface area contributed by atoms with Crippen LogP contribution in [0.15, 0.2) is 182 Å². The Labute approximate surface area is 344 Å². The van der Waals surface area contributed by atoms with Crippen molar-refractivity contribution in [2.45, 2.75) is 70.1 Å². The maximum Gasteiger partial charge on any atom is 0.0714 e. The molecule has 0 unspecified atom stereocenters. The molecule has 2 aliphatic carbocycles. The van der Waals surface area contributed by atoms with E-state index in [1.54, 1.807) is 0 Å². The van der Waals surface area contributed by atoms with E-state index in [2.05, 4.69) is 208 Å². The first-order valence-electron chi connectivity index (χ1n) is 21.4. The van der Waals surface area contributed by atoms with Gasteiger partial charge in [-0.3, -0.25) is 0 Å². The Kier molecular flexibility index (Phi) is 9.33. The summed E-state index contributed by atoms with van der Waals surface area (Å²) in [5.41, 5.74) is 17.6. The van der Waals surface area contributed by atoms with Gasteiger partial charge in [0.15, 0.2) is 0 Å². The van der Waals surface area contributed by atoms with Crippen LogP contribution in [0, 0.1) is 6.92 Å².